The van der Waals surface area contributed by atoms with Crippen LogP contribution in [0.1, 0.15) is 53.9 Å². The summed E-state index contributed by atoms with van der Waals surface area (Å²) in [6.45, 7) is 0. The quantitative estimate of drug-likeness (QED) is 0.622. The van der Waals surface area contributed by atoms with Crippen molar-refractivity contribution in [3.05, 3.63) is 47.5 Å². The summed E-state index contributed by atoms with van der Waals surface area (Å²) in [6, 6.07) is 5.70. The number of halogens is 3. The first-order chi connectivity index (χ1) is 11.3. The van der Waals surface area contributed by atoms with Gasteiger partial charge in [0.15, 0.2) is 0 Å². The molecule has 0 aliphatic heterocycles. The largest absolute Gasteiger partial charge is 0.478 e. The Kier molecular flexibility index (Phi) is 5.80. The monoisotopic (exact) mass is 340 g/mol. The lowest BCUT2D eigenvalue weighted by molar-refractivity contribution is -0.131. The number of aliphatic carboxylic acids is 1. The fourth-order valence-corrected chi connectivity index (χ4v) is 3.16. The molecule has 0 spiro atoms. The molecule has 1 aliphatic rings. The van der Waals surface area contributed by atoms with Crippen LogP contribution in [0.5, 0.6) is 0 Å². The molecule has 1 aromatic rings. The second-order valence-corrected chi connectivity index (χ2v) is 6.14. The van der Waals surface area contributed by atoms with Crippen molar-refractivity contribution in [1.82, 2.24) is 0 Å². The summed E-state index contributed by atoms with van der Waals surface area (Å²) in [7, 11) is 0. The van der Waals surface area contributed by atoms with Gasteiger partial charge in [-0.15, -0.1) is 0 Å². The van der Waals surface area contributed by atoms with Crippen molar-refractivity contribution in [2.45, 2.75) is 44.2 Å². The van der Waals surface area contributed by atoms with E-state index in [0.29, 0.717) is 5.92 Å². The van der Waals surface area contributed by atoms with Crippen LogP contribution in [0.4, 0.5) is 13.2 Å². The smallest absolute Gasteiger partial charge is 0.454 e. The van der Waals surface area contributed by atoms with E-state index in [0.717, 1.165) is 43.7 Å². The Morgan fingerprint density at radius 2 is 1.67 bits per heavy atom. The Balaban J connectivity index is 1.90. The van der Waals surface area contributed by atoms with Crippen molar-refractivity contribution in [1.29, 1.82) is 0 Å². The Bertz CT molecular complexity index is 609. The summed E-state index contributed by atoms with van der Waals surface area (Å²) in [4.78, 5) is 21.6. The van der Waals surface area contributed by atoms with Crippen molar-refractivity contribution >= 4 is 11.8 Å². The van der Waals surface area contributed by atoms with E-state index >= 15 is 0 Å². The highest BCUT2D eigenvalue weighted by Crippen LogP contribution is 2.37. The minimum Gasteiger partial charge on any atom is -0.478 e. The molecule has 1 aromatic carbocycles. The van der Waals surface area contributed by atoms with Crippen LogP contribution in [0.25, 0.3) is 0 Å². The van der Waals surface area contributed by atoms with Gasteiger partial charge in [0.1, 0.15) is 0 Å². The molecular weight excluding hydrogens is 321 g/mol. The molecule has 1 saturated carbocycles. The normalized spacial score (nSPS) is 21.8. The van der Waals surface area contributed by atoms with Gasteiger partial charge in [0.2, 0.25) is 0 Å². The maximum Gasteiger partial charge on any atom is 0.454 e. The molecule has 24 heavy (non-hydrogen) atoms. The van der Waals surface area contributed by atoms with E-state index in [2.05, 4.69) is 0 Å². The molecule has 3 nitrogen and oxygen atoms in total. The zero-order chi connectivity index (χ0) is 17.7. The Labute approximate surface area is 138 Å². The van der Waals surface area contributed by atoms with Crippen molar-refractivity contribution in [2.24, 2.45) is 5.92 Å². The summed E-state index contributed by atoms with van der Waals surface area (Å²) in [5.41, 5.74) is 0.618. The topological polar surface area (TPSA) is 54.4 Å². The van der Waals surface area contributed by atoms with E-state index in [1.807, 2.05) is 0 Å². The fourth-order valence-electron chi connectivity index (χ4n) is 3.16. The SMILES string of the molecule is O=C(O)/C=C/C[C@H]1CC[C@H](c2ccc(C(=O)C(F)(F)F)cc2)CC1. The van der Waals surface area contributed by atoms with Crippen LogP contribution in [0.15, 0.2) is 36.4 Å². The molecule has 2 rings (SSSR count). The molecule has 0 atom stereocenters. The van der Waals surface area contributed by atoms with Crippen LogP contribution >= 0.6 is 0 Å². The zero-order valence-electron chi connectivity index (χ0n) is 13.1. The molecule has 1 fully saturated rings. The van der Waals surface area contributed by atoms with Crippen LogP contribution in [0.2, 0.25) is 0 Å². The van der Waals surface area contributed by atoms with E-state index in [4.69, 9.17) is 5.11 Å². The van der Waals surface area contributed by atoms with E-state index < -0.39 is 17.9 Å². The van der Waals surface area contributed by atoms with Gasteiger partial charge in [0, 0.05) is 11.6 Å². The predicted octanol–water partition coefficient (Wildman–Crippen LogP) is 4.74. The summed E-state index contributed by atoms with van der Waals surface area (Å²) in [5, 5.41) is 8.56. The number of alkyl halides is 3. The third-order valence-electron chi connectivity index (χ3n) is 4.48. The van der Waals surface area contributed by atoms with E-state index in [1.165, 1.54) is 12.1 Å². The van der Waals surface area contributed by atoms with E-state index in [9.17, 15) is 22.8 Å². The molecule has 6 heteroatoms. The van der Waals surface area contributed by atoms with Gasteiger partial charge in [-0.1, -0.05) is 30.3 Å². The lowest BCUT2D eigenvalue weighted by Crippen LogP contribution is -2.22. The maximum atomic E-state index is 12.4. The first-order valence-electron chi connectivity index (χ1n) is 7.88. The number of carbonyl (C=O) groups excluding carboxylic acids is 1. The van der Waals surface area contributed by atoms with Gasteiger partial charge in [-0.25, -0.2) is 4.79 Å². The van der Waals surface area contributed by atoms with Gasteiger partial charge in [-0.05, 0) is 49.5 Å². The fraction of sp³-hybridized carbons (Fsp3) is 0.444. The van der Waals surface area contributed by atoms with Crippen LogP contribution in [0, 0.1) is 5.92 Å². The van der Waals surface area contributed by atoms with Gasteiger partial charge < -0.3 is 5.11 Å². The molecular formula is C18H19F3O3. The number of carboxylic acid groups (broad SMARTS) is 1. The average molecular weight is 340 g/mol. The Hall–Kier alpha value is -2.11. The predicted molar refractivity (Wildman–Crippen MR) is 82.9 cm³/mol. The third kappa shape index (κ3) is 4.94. The van der Waals surface area contributed by atoms with Gasteiger partial charge in [-0.2, -0.15) is 13.2 Å². The Morgan fingerprint density at radius 1 is 1.08 bits per heavy atom. The molecule has 0 amide bonds. The van der Waals surface area contributed by atoms with E-state index in [-0.39, 0.29) is 11.5 Å². The molecule has 0 bridgehead atoms. The number of carbonyl (C=O) groups is 2. The van der Waals surface area contributed by atoms with Crippen LogP contribution in [0.3, 0.4) is 0 Å². The first kappa shape index (κ1) is 18.2. The number of hydrogen-bond acceptors (Lipinski definition) is 2. The van der Waals surface area contributed by atoms with Gasteiger partial charge in [0.05, 0.1) is 0 Å². The van der Waals surface area contributed by atoms with Crippen LogP contribution in [-0.4, -0.2) is 23.0 Å². The summed E-state index contributed by atoms with van der Waals surface area (Å²) in [5.74, 6) is -2.04. The molecule has 0 heterocycles. The third-order valence-corrected chi connectivity index (χ3v) is 4.48. The standard InChI is InChI=1S/C18H19F3O3/c19-18(20,21)17(24)15-10-8-14(9-11-15)13-6-4-12(5-7-13)2-1-3-16(22)23/h1,3,8-13H,2,4-7H2,(H,22,23)/b3-1+/t12-,13-. The molecule has 1 N–H and O–H groups in total. The highest BCUT2D eigenvalue weighted by Gasteiger charge is 2.39. The second-order valence-electron chi connectivity index (χ2n) is 6.14. The van der Waals surface area contributed by atoms with E-state index in [1.54, 1.807) is 18.2 Å². The first-order valence-corrected chi connectivity index (χ1v) is 7.88. The summed E-state index contributed by atoms with van der Waals surface area (Å²) in [6.07, 6.45) is 2.46. The maximum absolute atomic E-state index is 12.4. The lowest BCUT2D eigenvalue weighted by Gasteiger charge is -2.28. The van der Waals surface area contributed by atoms with Crippen LogP contribution < -0.4 is 0 Å². The summed E-state index contributed by atoms with van der Waals surface area (Å²) < 4.78 is 37.2. The molecule has 0 saturated heterocycles. The number of rotatable bonds is 5. The second kappa shape index (κ2) is 7.64. The number of benzene rings is 1. The number of ketones is 1. The Morgan fingerprint density at radius 3 is 2.17 bits per heavy atom. The van der Waals surface area contributed by atoms with Gasteiger partial charge in [-0.3, -0.25) is 4.79 Å². The number of Topliss-reactive ketones (excluding diaryl/α,β-unsaturated/α-hetero) is 1. The number of allylic oxidation sites excluding steroid dienone is 1. The van der Waals surface area contributed by atoms with Crippen molar-refractivity contribution in [3.63, 3.8) is 0 Å². The molecule has 0 aromatic heterocycles. The van der Waals surface area contributed by atoms with Gasteiger partial charge >= 0.3 is 12.1 Å². The van der Waals surface area contributed by atoms with Crippen LogP contribution in [-0.2, 0) is 4.79 Å². The molecule has 1 aliphatic carbocycles. The average Bonchev–Trinajstić information content (AvgIpc) is 2.54. The van der Waals surface area contributed by atoms with Crippen molar-refractivity contribution in [3.8, 4) is 0 Å². The molecule has 0 unspecified atom stereocenters. The van der Waals surface area contributed by atoms with Crippen molar-refractivity contribution < 1.29 is 27.9 Å². The summed E-state index contributed by atoms with van der Waals surface area (Å²) >= 11 is 0. The van der Waals surface area contributed by atoms with Gasteiger partial charge in [0.25, 0.3) is 5.78 Å². The minimum atomic E-state index is -4.84. The molecule has 130 valence electrons. The highest BCUT2D eigenvalue weighted by molar-refractivity contribution is 6.00. The number of carboxylic acids is 1. The molecule has 0 radical (unpaired) electrons. The zero-order valence-corrected chi connectivity index (χ0v) is 13.1. The van der Waals surface area contributed by atoms with Crippen molar-refractivity contribution in [2.75, 3.05) is 0 Å². The minimum absolute atomic E-state index is 0.278. The highest BCUT2D eigenvalue weighted by atomic mass is 19.4. The number of hydrogen-bond donors (Lipinski definition) is 1. The lowest BCUT2D eigenvalue weighted by atomic mass is 9.77.